The molecule has 2 saturated heterocycles. The number of pyridine rings is 2. The number of carbonyl (C=O) groups is 1. The van der Waals surface area contributed by atoms with Crippen molar-refractivity contribution in [2.24, 2.45) is 5.41 Å². The first-order chi connectivity index (χ1) is 18.9. The number of carboxylic acid groups (broad SMARTS) is 1. The van der Waals surface area contributed by atoms with Crippen molar-refractivity contribution in [3.05, 3.63) is 47.8 Å². The monoisotopic (exact) mass is 554 g/mol. The maximum atomic E-state index is 15.3. The van der Waals surface area contributed by atoms with Gasteiger partial charge in [0.1, 0.15) is 17.5 Å². The highest BCUT2D eigenvalue weighted by Gasteiger charge is 2.49. The number of rotatable bonds is 4. The van der Waals surface area contributed by atoms with E-state index in [-0.39, 0.29) is 22.9 Å². The molecule has 11 heteroatoms. The summed E-state index contributed by atoms with van der Waals surface area (Å²) in [7, 11) is 0. The van der Waals surface area contributed by atoms with Crippen LogP contribution in [0, 0.1) is 24.0 Å². The summed E-state index contributed by atoms with van der Waals surface area (Å²) in [5.41, 5.74) is 1.77. The molecule has 0 aliphatic carbocycles. The minimum atomic E-state index is -0.973. The first-order valence-electron chi connectivity index (χ1n) is 13.5. The van der Waals surface area contributed by atoms with Crippen molar-refractivity contribution >= 4 is 39.9 Å². The van der Waals surface area contributed by atoms with Gasteiger partial charge in [-0.25, -0.2) is 18.6 Å². The molecule has 2 N–H and O–H groups in total. The van der Waals surface area contributed by atoms with Crippen molar-refractivity contribution in [1.82, 2.24) is 14.9 Å². The molecule has 2 fully saturated rings. The fourth-order valence-corrected chi connectivity index (χ4v) is 5.63. The molecule has 1 amide bonds. The van der Waals surface area contributed by atoms with Gasteiger partial charge in [0.25, 0.3) is 0 Å². The van der Waals surface area contributed by atoms with E-state index in [0.29, 0.717) is 49.1 Å². The van der Waals surface area contributed by atoms with Crippen LogP contribution in [-0.2, 0) is 4.74 Å². The highest BCUT2D eigenvalue weighted by molar-refractivity contribution is 5.98. The molecule has 3 aromatic rings. The van der Waals surface area contributed by atoms with E-state index in [1.807, 2.05) is 45.6 Å². The number of piperazine rings is 1. The molecule has 40 heavy (non-hydrogen) atoms. The van der Waals surface area contributed by atoms with Gasteiger partial charge < -0.3 is 25.0 Å². The molecule has 1 unspecified atom stereocenters. The molecule has 2 aliphatic heterocycles. The number of benzene rings is 1. The Balaban J connectivity index is 1.60. The fraction of sp³-hybridized carbons (Fsp3) is 0.483. The Hall–Kier alpha value is -3.73. The average Bonchev–Trinajstić information content (AvgIpc) is 2.89. The number of aromatic nitrogens is 2. The number of nitrogens with zero attached hydrogens (tertiary/aromatic N) is 5. The van der Waals surface area contributed by atoms with E-state index in [2.05, 4.69) is 15.2 Å². The Labute approximate surface area is 232 Å². The van der Waals surface area contributed by atoms with Crippen molar-refractivity contribution in [1.29, 1.82) is 0 Å². The molecule has 4 heterocycles. The maximum Gasteiger partial charge on any atom is 0.407 e. The number of amides is 1. The lowest BCUT2D eigenvalue weighted by atomic mass is 9.72. The molecule has 9 nitrogen and oxygen atoms in total. The van der Waals surface area contributed by atoms with Crippen LogP contribution in [0.15, 0.2) is 30.6 Å². The van der Waals surface area contributed by atoms with Crippen molar-refractivity contribution in [2.45, 2.75) is 40.2 Å². The number of hydrogen-bond donors (Lipinski definition) is 2. The molecule has 1 aromatic carbocycles. The van der Waals surface area contributed by atoms with Crippen LogP contribution in [0.3, 0.4) is 0 Å². The van der Waals surface area contributed by atoms with Gasteiger partial charge in [-0.05, 0) is 25.3 Å². The highest BCUT2D eigenvalue weighted by Crippen LogP contribution is 2.42. The smallest absolute Gasteiger partial charge is 0.407 e. The molecule has 214 valence electrons. The average molecular weight is 555 g/mol. The molecular weight excluding hydrogens is 518 g/mol. The number of morpholine rings is 1. The lowest BCUT2D eigenvalue weighted by Crippen LogP contribution is -2.67. The van der Waals surface area contributed by atoms with Gasteiger partial charge in [0.2, 0.25) is 0 Å². The van der Waals surface area contributed by atoms with E-state index in [4.69, 9.17) is 9.72 Å². The summed E-state index contributed by atoms with van der Waals surface area (Å²) < 4.78 is 35.2. The number of halogens is 2. The van der Waals surface area contributed by atoms with Crippen molar-refractivity contribution < 1.29 is 23.4 Å². The third-order valence-electron chi connectivity index (χ3n) is 8.42. The lowest BCUT2D eigenvalue weighted by molar-refractivity contribution is 0.00727. The Morgan fingerprint density at radius 2 is 1.80 bits per heavy atom. The summed E-state index contributed by atoms with van der Waals surface area (Å²) >= 11 is 0. The van der Waals surface area contributed by atoms with Crippen LogP contribution in [0.1, 0.15) is 33.3 Å². The zero-order chi connectivity index (χ0) is 28.8. The van der Waals surface area contributed by atoms with E-state index >= 15 is 4.39 Å². The standard InChI is InChI=1S/C29H36F2N6O3/c1-18-25(33-20-14-21(16-32-15-20)35-8-10-40-11-9-35)24-22(31)12-19(30)13-23(24)34-26(18)36-6-7-37(27(38)39)29(5,17-36)28(2,3)4/h12-16H,6-11,17H2,1-5H3,(H,33,34)(H,38,39). The van der Waals surface area contributed by atoms with Gasteiger partial charge in [-0.2, -0.15) is 0 Å². The second-order valence-electron chi connectivity index (χ2n) is 11.8. The lowest BCUT2D eigenvalue weighted by Gasteiger charge is -2.54. The van der Waals surface area contributed by atoms with Crippen molar-refractivity contribution in [2.75, 3.05) is 61.1 Å². The number of anilines is 4. The van der Waals surface area contributed by atoms with Crippen LogP contribution in [-0.4, -0.2) is 77.5 Å². The normalized spacial score (nSPS) is 20.2. The van der Waals surface area contributed by atoms with E-state index in [0.717, 1.165) is 24.8 Å². The van der Waals surface area contributed by atoms with Gasteiger partial charge in [0.05, 0.1) is 59.1 Å². The third kappa shape index (κ3) is 4.98. The third-order valence-corrected chi connectivity index (χ3v) is 8.42. The predicted molar refractivity (Wildman–Crippen MR) is 152 cm³/mol. The van der Waals surface area contributed by atoms with Crippen LogP contribution in [0.2, 0.25) is 0 Å². The molecule has 2 aliphatic rings. The summed E-state index contributed by atoms with van der Waals surface area (Å²) in [4.78, 5) is 27.0. The highest BCUT2D eigenvalue weighted by atomic mass is 19.1. The SMILES string of the molecule is Cc1c(N2CCN(C(=O)O)C(C)(C(C)(C)C)C2)nc2cc(F)cc(F)c2c1Nc1cncc(N2CCOCC2)c1. The predicted octanol–water partition coefficient (Wildman–Crippen LogP) is 5.40. The molecule has 0 bridgehead atoms. The van der Waals surface area contributed by atoms with Crippen LogP contribution in [0.5, 0.6) is 0 Å². The maximum absolute atomic E-state index is 15.3. The van der Waals surface area contributed by atoms with Gasteiger partial charge >= 0.3 is 6.09 Å². The first kappa shape index (κ1) is 27.8. The van der Waals surface area contributed by atoms with Gasteiger partial charge in [-0.1, -0.05) is 20.8 Å². The first-order valence-corrected chi connectivity index (χ1v) is 13.5. The summed E-state index contributed by atoms with van der Waals surface area (Å²) in [5.74, 6) is -0.880. The quantitative estimate of drug-likeness (QED) is 0.443. The largest absolute Gasteiger partial charge is 0.465 e. The molecule has 0 spiro atoms. The minimum Gasteiger partial charge on any atom is -0.465 e. The number of nitrogens with one attached hydrogen (secondary N) is 1. The molecular formula is C29H36F2N6O3. The van der Waals surface area contributed by atoms with Crippen LogP contribution >= 0.6 is 0 Å². The van der Waals surface area contributed by atoms with Gasteiger partial charge in [0.15, 0.2) is 0 Å². The van der Waals surface area contributed by atoms with Crippen LogP contribution in [0.25, 0.3) is 10.9 Å². The minimum absolute atomic E-state index is 0.177. The fourth-order valence-electron chi connectivity index (χ4n) is 5.63. The Morgan fingerprint density at radius 1 is 1.07 bits per heavy atom. The van der Waals surface area contributed by atoms with Gasteiger partial charge in [-0.3, -0.25) is 9.88 Å². The molecule has 5 rings (SSSR count). The summed E-state index contributed by atoms with van der Waals surface area (Å²) in [6.07, 6.45) is 2.48. The van der Waals surface area contributed by atoms with E-state index in [9.17, 15) is 14.3 Å². The number of hydrogen-bond acceptors (Lipinski definition) is 7. The Morgan fingerprint density at radius 3 is 2.48 bits per heavy atom. The number of fused-ring (bicyclic) bond motifs is 1. The van der Waals surface area contributed by atoms with Gasteiger partial charge in [0, 0.05) is 50.4 Å². The zero-order valence-electron chi connectivity index (χ0n) is 23.6. The molecule has 2 aromatic heterocycles. The summed E-state index contributed by atoms with van der Waals surface area (Å²) in [6.45, 7) is 13.6. The zero-order valence-corrected chi connectivity index (χ0v) is 23.6. The Bertz CT molecular complexity index is 1440. The molecule has 0 radical (unpaired) electrons. The Kier molecular flexibility index (Phi) is 7.20. The topological polar surface area (TPSA) is 94.1 Å². The second kappa shape index (κ2) is 10.3. The van der Waals surface area contributed by atoms with Crippen LogP contribution < -0.4 is 15.1 Å². The summed E-state index contributed by atoms with van der Waals surface area (Å²) in [5, 5.41) is 13.5. The van der Waals surface area contributed by atoms with Crippen LogP contribution in [0.4, 0.5) is 36.5 Å². The second-order valence-corrected chi connectivity index (χ2v) is 11.8. The molecule has 0 saturated carbocycles. The van der Waals surface area contributed by atoms with Gasteiger partial charge in [-0.15, -0.1) is 0 Å². The van der Waals surface area contributed by atoms with E-state index < -0.39 is 23.3 Å². The summed E-state index contributed by atoms with van der Waals surface area (Å²) in [6, 6.07) is 4.04. The number of ether oxygens (including phenoxy) is 1. The van der Waals surface area contributed by atoms with Crippen molar-refractivity contribution in [3.8, 4) is 0 Å². The van der Waals surface area contributed by atoms with E-state index in [1.54, 1.807) is 12.4 Å². The van der Waals surface area contributed by atoms with Crippen molar-refractivity contribution in [3.63, 3.8) is 0 Å². The molecule has 1 atom stereocenters. The van der Waals surface area contributed by atoms with E-state index in [1.165, 1.54) is 11.0 Å².